The van der Waals surface area contributed by atoms with Crippen LogP contribution in [0.4, 0.5) is 10.2 Å². The second-order valence-electron chi connectivity index (χ2n) is 4.55. The van der Waals surface area contributed by atoms with Crippen molar-refractivity contribution in [1.29, 1.82) is 0 Å². The Morgan fingerprint density at radius 1 is 1.17 bits per heavy atom. The molecule has 1 aliphatic carbocycles. The Kier molecular flexibility index (Phi) is 2.92. The number of rotatable bonds is 4. The molecule has 1 saturated carbocycles. The van der Waals surface area contributed by atoms with Crippen LogP contribution in [0.2, 0.25) is 0 Å². The molecule has 1 aromatic carbocycles. The highest BCUT2D eigenvalue weighted by atomic mass is 19.1. The van der Waals surface area contributed by atoms with Gasteiger partial charge < -0.3 is 5.32 Å². The summed E-state index contributed by atoms with van der Waals surface area (Å²) in [6.07, 6.45) is 4.18. The predicted octanol–water partition coefficient (Wildman–Crippen LogP) is 3.11. The van der Waals surface area contributed by atoms with Crippen molar-refractivity contribution in [2.75, 3.05) is 5.32 Å². The summed E-state index contributed by atoms with van der Waals surface area (Å²) in [7, 11) is 0. The van der Waals surface area contributed by atoms with Gasteiger partial charge in [0.2, 0.25) is 0 Å². The van der Waals surface area contributed by atoms with Crippen LogP contribution in [0.1, 0.15) is 30.1 Å². The molecule has 0 unspecified atom stereocenters. The summed E-state index contributed by atoms with van der Waals surface area (Å²) < 4.78 is 12.8. The molecule has 0 radical (unpaired) electrons. The van der Waals surface area contributed by atoms with Gasteiger partial charge in [-0.2, -0.15) is 0 Å². The first-order valence-corrected chi connectivity index (χ1v) is 6.12. The highest BCUT2D eigenvalue weighted by Gasteiger charge is 2.26. The lowest BCUT2D eigenvalue weighted by molar-refractivity contribution is 0.627. The van der Waals surface area contributed by atoms with Gasteiger partial charge in [0.05, 0.1) is 0 Å². The maximum Gasteiger partial charge on any atom is 0.133 e. The van der Waals surface area contributed by atoms with Crippen molar-refractivity contribution in [3.8, 4) is 0 Å². The summed E-state index contributed by atoms with van der Waals surface area (Å²) in [6.45, 7) is 0.640. The second kappa shape index (κ2) is 4.72. The van der Waals surface area contributed by atoms with Crippen molar-refractivity contribution in [2.24, 2.45) is 0 Å². The van der Waals surface area contributed by atoms with Crippen molar-refractivity contribution in [3.63, 3.8) is 0 Å². The van der Waals surface area contributed by atoms with Crippen LogP contribution in [0.5, 0.6) is 0 Å². The number of nitrogens with one attached hydrogen (secondary N) is 1. The van der Waals surface area contributed by atoms with Crippen molar-refractivity contribution in [1.82, 2.24) is 9.97 Å². The van der Waals surface area contributed by atoms with E-state index in [1.807, 2.05) is 6.07 Å². The summed E-state index contributed by atoms with van der Waals surface area (Å²) in [6, 6.07) is 8.32. The molecule has 0 atom stereocenters. The zero-order valence-electron chi connectivity index (χ0n) is 9.94. The predicted molar refractivity (Wildman–Crippen MR) is 67.7 cm³/mol. The number of aromatic nitrogens is 2. The summed E-state index contributed by atoms with van der Waals surface area (Å²) in [5.41, 5.74) is 1.03. The standard InChI is InChI=1S/C14H14FN3/c15-12-5-1-10(2-6-12)9-17-13-7-8-16-14(18-13)11-3-4-11/h1-2,5-8,11H,3-4,9H2,(H,16,17,18). The molecule has 1 aromatic heterocycles. The molecule has 0 bridgehead atoms. The van der Waals surface area contributed by atoms with Crippen LogP contribution < -0.4 is 5.32 Å². The number of halogens is 1. The van der Waals surface area contributed by atoms with Gasteiger partial charge in [-0.1, -0.05) is 12.1 Å². The van der Waals surface area contributed by atoms with Crippen LogP contribution in [-0.4, -0.2) is 9.97 Å². The fraction of sp³-hybridized carbons (Fsp3) is 0.286. The van der Waals surface area contributed by atoms with E-state index in [9.17, 15) is 4.39 Å². The smallest absolute Gasteiger partial charge is 0.133 e. The minimum atomic E-state index is -0.211. The highest BCUT2D eigenvalue weighted by Crippen LogP contribution is 2.38. The van der Waals surface area contributed by atoms with E-state index in [4.69, 9.17) is 0 Å². The minimum absolute atomic E-state index is 0.211. The molecule has 1 heterocycles. The van der Waals surface area contributed by atoms with Gasteiger partial charge in [0.25, 0.3) is 0 Å². The zero-order chi connectivity index (χ0) is 12.4. The average molecular weight is 243 g/mol. The number of hydrogen-bond acceptors (Lipinski definition) is 3. The van der Waals surface area contributed by atoms with Gasteiger partial charge in [0.15, 0.2) is 0 Å². The summed E-state index contributed by atoms with van der Waals surface area (Å²) >= 11 is 0. The van der Waals surface area contributed by atoms with Crippen LogP contribution in [0.25, 0.3) is 0 Å². The lowest BCUT2D eigenvalue weighted by atomic mass is 10.2. The summed E-state index contributed by atoms with van der Waals surface area (Å²) in [5.74, 6) is 2.10. The molecule has 4 heteroatoms. The fourth-order valence-electron chi connectivity index (χ4n) is 1.81. The zero-order valence-corrected chi connectivity index (χ0v) is 9.94. The molecular formula is C14H14FN3. The van der Waals surface area contributed by atoms with Gasteiger partial charge in [0.1, 0.15) is 17.5 Å². The topological polar surface area (TPSA) is 37.8 Å². The lowest BCUT2D eigenvalue weighted by Crippen LogP contribution is -2.03. The quantitative estimate of drug-likeness (QED) is 0.896. The van der Waals surface area contributed by atoms with Gasteiger partial charge in [0, 0.05) is 18.7 Å². The monoisotopic (exact) mass is 243 g/mol. The Bertz CT molecular complexity index is 535. The third kappa shape index (κ3) is 2.64. The van der Waals surface area contributed by atoms with Gasteiger partial charge >= 0.3 is 0 Å². The van der Waals surface area contributed by atoms with E-state index in [1.165, 1.54) is 25.0 Å². The number of nitrogens with zero attached hydrogens (tertiary/aromatic N) is 2. The first-order chi connectivity index (χ1) is 8.81. The third-order valence-corrected chi connectivity index (χ3v) is 3.00. The molecule has 92 valence electrons. The first kappa shape index (κ1) is 11.1. The molecular weight excluding hydrogens is 229 g/mol. The molecule has 0 spiro atoms. The number of hydrogen-bond donors (Lipinski definition) is 1. The summed E-state index contributed by atoms with van der Waals surface area (Å²) in [5, 5.41) is 3.23. The fourth-order valence-corrected chi connectivity index (χ4v) is 1.81. The molecule has 1 aliphatic rings. The Morgan fingerprint density at radius 2 is 1.94 bits per heavy atom. The van der Waals surface area contributed by atoms with Crippen LogP contribution in [0.3, 0.4) is 0 Å². The molecule has 0 amide bonds. The Hall–Kier alpha value is -1.97. The van der Waals surface area contributed by atoms with E-state index in [0.29, 0.717) is 12.5 Å². The van der Waals surface area contributed by atoms with E-state index in [1.54, 1.807) is 18.3 Å². The van der Waals surface area contributed by atoms with E-state index < -0.39 is 0 Å². The van der Waals surface area contributed by atoms with Gasteiger partial charge in [-0.05, 0) is 36.6 Å². The van der Waals surface area contributed by atoms with Crippen LogP contribution in [-0.2, 0) is 6.54 Å². The lowest BCUT2D eigenvalue weighted by Gasteiger charge is -2.06. The normalized spacial score (nSPS) is 14.5. The van der Waals surface area contributed by atoms with Crippen LogP contribution in [0.15, 0.2) is 36.5 Å². The highest BCUT2D eigenvalue weighted by molar-refractivity contribution is 5.35. The van der Waals surface area contributed by atoms with Crippen molar-refractivity contribution in [3.05, 3.63) is 53.7 Å². The van der Waals surface area contributed by atoms with Gasteiger partial charge in [-0.15, -0.1) is 0 Å². The largest absolute Gasteiger partial charge is 0.366 e. The molecule has 0 aliphatic heterocycles. The van der Waals surface area contributed by atoms with E-state index in [-0.39, 0.29) is 5.82 Å². The van der Waals surface area contributed by atoms with E-state index in [0.717, 1.165) is 17.2 Å². The van der Waals surface area contributed by atoms with Crippen LogP contribution >= 0.6 is 0 Å². The van der Waals surface area contributed by atoms with Crippen molar-refractivity contribution in [2.45, 2.75) is 25.3 Å². The van der Waals surface area contributed by atoms with E-state index in [2.05, 4.69) is 15.3 Å². The number of anilines is 1. The molecule has 1 fully saturated rings. The maximum absolute atomic E-state index is 12.8. The number of benzene rings is 1. The summed E-state index contributed by atoms with van der Waals surface area (Å²) in [4.78, 5) is 8.74. The Labute approximate surface area is 105 Å². The molecule has 1 N–H and O–H groups in total. The Balaban J connectivity index is 1.65. The maximum atomic E-state index is 12.8. The van der Waals surface area contributed by atoms with Crippen LogP contribution in [0, 0.1) is 5.82 Å². The minimum Gasteiger partial charge on any atom is -0.366 e. The third-order valence-electron chi connectivity index (χ3n) is 3.00. The molecule has 3 rings (SSSR count). The molecule has 2 aromatic rings. The molecule has 3 nitrogen and oxygen atoms in total. The van der Waals surface area contributed by atoms with Gasteiger partial charge in [-0.25, -0.2) is 14.4 Å². The molecule has 0 saturated heterocycles. The average Bonchev–Trinajstić information content (AvgIpc) is 3.23. The molecule has 18 heavy (non-hydrogen) atoms. The van der Waals surface area contributed by atoms with Gasteiger partial charge in [-0.3, -0.25) is 0 Å². The van der Waals surface area contributed by atoms with E-state index >= 15 is 0 Å². The second-order valence-corrected chi connectivity index (χ2v) is 4.55. The van der Waals surface area contributed by atoms with Crippen molar-refractivity contribution < 1.29 is 4.39 Å². The SMILES string of the molecule is Fc1ccc(CNc2ccnc(C3CC3)n2)cc1. The Morgan fingerprint density at radius 3 is 2.67 bits per heavy atom. The van der Waals surface area contributed by atoms with Crippen molar-refractivity contribution >= 4 is 5.82 Å². The first-order valence-electron chi connectivity index (χ1n) is 6.12.